The molecule has 0 heterocycles. The lowest BCUT2D eigenvalue weighted by Gasteiger charge is -2.21. The third kappa shape index (κ3) is 6.43. The van der Waals surface area contributed by atoms with E-state index in [0.717, 1.165) is 24.4 Å². The number of aliphatic hydroxyl groups is 2. The molecule has 0 fully saturated rings. The van der Waals surface area contributed by atoms with Crippen molar-refractivity contribution in [2.45, 2.75) is 6.54 Å². The van der Waals surface area contributed by atoms with Crippen LogP contribution in [0.5, 0.6) is 5.75 Å². The van der Waals surface area contributed by atoms with E-state index in [9.17, 15) is 5.11 Å². The molecule has 2 aromatic carbocycles. The molecule has 0 aromatic heterocycles. The molecule has 4 heteroatoms. The van der Waals surface area contributed by atoms with Crippen LogP contribution in [0.3, 0.4) is 0 Å². The highest BCUT2D eigenvalue weighted by Gasteiger charge is 2.05. The maximum Gasteiger partial charge on any atom is 0.119 e. The monoisotopic (exact) mass is 325 g/mol. The molecular formula is C20H23NO3. The molecule has 126 valence electrons. The van der Waals surface area contributed by atoms with Gasteiger partial charge in [-0.05, 0) is 29.8 Å². The summed E-state index contributed by atoms with van der Waals surface area (Å²) in [5, 5.41) is 17.9. The van der Waals surface area contributed by atoms with Gasteiger partial charge in [0.1, 0.15) is 19.0 Å². The maximum atomic E-state index is 9.22. The van der Waals surface area contributed by atoms with Crippen molar-refractivity contribution in [3.8, 4) is 17.6 Å². The molecule has 0 aliphatic heterocycles. The van der Waals surface area contributed by atoms with Gasteiger partial charge in [0.25, 0.3) is 0 Å². The number of hydrogen-bond donors (Lipinski definition) is 2. The lowest BCUT2D eigenvalue weighted by atomic mass is 10.2. The molecule has 2 rings (SSSR count). The Morgan fingerprint density at radius 2 is 1.67 bits per heavy atom. The smallest absolute Gasteiger partial charge is 0.119 e. The molecular weight excluding hydrogens is 302 g/mol. The molecule has 0 spiro atoms. The zero-order valence-electron chi connectivity index (χ0n) is 13.7. The average Bonchev–Trinajstić information content (AvgIpc) is 2.62. The van der Waals surface area contributed by atoms with Crippen LogP contribution in [-0.4, -0.2) is 48.0 Å². The van der Waals surface area contributed by atoms with Crippen LogP contribution in [-0.2, 0) is 6.54 Å². The Bertz CT molecular complexity index is 644. The summed E-state index contributed by atoms with van der Waals surface area (Å²) >= 11 is 0. The molecule has 0 amide bonds. The van der Waals surface area contributed by atoms with Gasteiger partial charge in [0.2, 0.25) is 0 Å². The Morgan fingerprint density at radius 1 is 0.917 bits per heavy atom. The average molecular weight is 325 g/mol. The van der Waals surface area contributed by atoms with Crippen molar-refractivity contribution < 1.29 is 14.9 Å². The van der Waals surface area contributed by atoms with Gasteiger partial charge in [-0.15, -0.1) is 0 Å². The number of benzene rings is 2. The van der Waals surface area contributed by atoms with Gasteiger partial charge in [-0.1, -0.05) is 42.2 Å². The van der Waals surface area contributed by atoms with Gasteiger partial charge < -0.3 is 14.9 Å². The first kappa shape index (κ1) is 18.0. The van der Waals surface area contributed by atoms with Crippen molar-refractivity contribution in [1.29, 1.82) is 0 Å². The molecule has 2 aromatic rings. The van der Waals surface area contributed by atoms with Gasteiger partial charge in [-0.2, -0.15) is 0 Å². The summed E-state index contributed by atoms with van der Waals surface area (Å²) < 4.78 is 5.76. The fourth-order valence-electron chi connectivity index (χ4n) is 2.32. The first-order chi connectivity index (χ1) is 11.8. The minimum atomic E-state index is -0.139. The molecule has 0 radical (unpaired) electrons. The van der Waals surface area contributed by atoms with E-state index in [1.807, 2.05) is 42.5 Å². The van der Waals surface area contributed by atoms with Gasteiger partial charge in [0.05, 0.1) is 6.61 Å². The van der Waals surface area contributed by atoms with Gasteiger partial charge in [0, 0.05) is 25.2 Å². The first-order valence-corrected chi connectivity index (χ1v) is 8.01. The topological polar surface area (TPSA) is 52.9 Å². The summed E-state index contributed by atoms with van der Waals surface area (Å²) in [6.45, 7) is 2.69. The Morgan fingerprint density at radius 3 is 2.33 bits per heavy atom. The normalized spacial score (nSPS) is 10.3. The van der Waals surface area contributed by atoms with Crippen LogP contribution in [0, 0.1) is 11.8 Å². The Kier molecular flexibility index (Phi) is 7.85. The standard InChI is InChI=1S/C20H23NO3/c22-14-4-7-18-8-10-20(11-9-18)24-16-13-21(12-15-23)17-19-5-2-1-3-6-19/h1-3,5-6,8-11,22-23H,12-17H2. The maximum absolute atomic E-state index is 9.22. The highest BCUT2D eigenvalue weighted by Crippen LogP contribution is 2.12. The van der Waals surface area contributed by atoms with Crippen LogP contribution < -0.4 is 4.74 Å². The summed E-state index contributed by atoms with van der Waals surface area (Å²) in [4.78, 5) is 2.16. The van der Waals surface area contributed by atoms with Gasteiger partial charge >= 0.3 is 0 Å². The van der Waals surface area contributed by atoms with Crippen molar-refractivity contribution in [2.24, 2.45) is 0 Å². The van der Waals surface area contributed by atoms with Crippen molar-refractivity contribution in [3.05, 3.63) is 65.7 Å². The number of nitrogens with zero attached hydrogens (tertiary/aromatic N) is 1. The van der Waals surface area contributed by atoms with Crippen molar-refractivity contribution >= 4 is 0 Å². The molecule has 24 heavy (non-hydrogen) atoms. The van der Waals surface area contributed by atoms with Crippen LogP contribution in [0.15, 0.2) is 54.6 Å². The Balaban J connectivity index is 1.81. The molecule has 0 aliphatic rings. The van der Waals surface area contributed by atoms with E-state index in [2.05, 4.69) is 28.9 Å². The zero-order chi connectivity index (χ0) is 17.0. The SMILES string of the molecule is OCC#Cc1ccc(OCCN(CCO)Cc2ccccc2)cc1. The van der Waals surface area contributed by atoms with Crippen LogP contribution in [0.4, 0.5) is 0 Å². The fraction of sp³-hybridized carbons (Fsp3) is 0.300. The Hall–Kier alpha value is -2.32. The zero-order valence-corrected chi connectivity index (χ0v) is 13.7. The van der Waals surface area contributed by atoms with Crippen LogP contribution in [0.1, 0.15) is 11.1 Å². The third-order valence-corrected chi connectivity index (χ3v) is 3.51. The lowest BCUT2D eigenvalue weighted by Crippen LogP contribution is -2.30. The second-order valence-electron chi connectivity index (χ2n) is 5.32. The van der Waals surface area contributed by atoms with E-state index >= 15 is 0 Å². The van der Waals surface area contributed by atoms with Crippen molar-refractivity contribution in [2.75, 3.05) is 32.9 Å². The van der Waals surface area contributed by atoms with E-state index in [1.54, 1.807) is 0 Å². The van der Waals surface area contributed by atoms with Crippen molar-refractivity contribution in [1.82, 2.24) is 4.90 Å². The minimum absolute atomic E-state index is 0.130. The van der Waals surface area contributed by atoms with E-state index in [1.165, 1.54) is 5.56 Å². The van der Waals surface area contributed by atoms with Crippen LogP contribution >= 0.6 is 0 Å². The van der Waals surface area contributed by atoms with E-state index < -0.39 is 0 Å². The van der Waals surface area contributed by atoms with Crippen molar-refractivity contribution in [3.63, 3.8) is 0 Å². The molecule has 0 saturated carbocycles. The number of aliphatic hydroxyl groups excluding tert-OH is 2. The lowest BCUT2D eigenvalue weighted by molar-refractivity contribution is 0.163. The summed E-state index contributed by atoms with van der Waals surface area (Å²) in [5.41, 5.74) is 2.07. The molecule has 2 N–H and O–H groups in total. The quantitative estimate of drug-likeness (QED) is 0.728. The predicted octanol–water partition coefficient (Wildman–Crippen LogP) is 1.90. The number of hydrogen-bond acceptors (Lipinski definition) is 4. The van der Waals surface area contributed by atoms with E-state index in [4.69, 9.17) is 9.84 Å². The second kappa shape index (κ2) is 10.5. The van der Waals surface area contributed by atoms with Gasteiger partial charge in [-0.3, -0.25) is 4.90 Å². The van der Waals surface area contributed by atoms with Gasteiger partial charge in [-0.25, -0.2) is 0 Å². The van der Waals surface area contributed by atoms with E-state index in [-0.39, 0.29) is 13.2 Å². The van der Waals surface area contributed by atoms with Crippen LogP contribution in [0.2, 0.25) is 0 Å². The minimum Gasteiger partial charge on any atom is -0.492 e. The molecule has 0 saturated heterocycles. The summed E-state index contributed by atoms with van der Waals surface area (Å²) in [6, 6.07) is 17.7. The number of rotatable bonds is 8. The summed E-state index contributed by atoms with van der Waals surface area (Å²) in [7, 11) is 0. The molecule has 0 bridgehead atoms. The largest absolute Gasteiger partial charge is 0.492 e. The first-order valence-electron chi connectivity index (χ1n) is 8.01. The predicted molar refractivity (Wildman–Crippen MR) is 94.7 cm³/mol. The fourth-order valence-corrected chi connectivity index (χ4v) is 2.32. The molecule has 0 aliphatic carbocycles. The highest BCUT2D eigenvalue weighted by atomic mass is 16.5. The Labute approximate surface area is 143 Å². The summed E-state index contributed by atoms with van der Waals surface area (Å²) in [6.07, 6.45) is 0. The highest BCUT2D eigenvalue weighted by molar-refractivity contribution is 5.38. The third-order valence-electron chi connectivity index (χ3n) is 3.51. The molecule has 0 unspecified atom stereocenters. The van der Waals surface area contributed by atoms with Gasteiger partial charge in [0.15, 0.2) is 0 Å². The second-order valence-corrected chi connectivity index (χ2v) is 5.32. The molecule has 4 nitrogen and oxygen atoms in total. The summed E-state index contributed by atoms with van der Waals surface area (Å²) in [5.74, 6) is 6.25. The number of ether oxygens (including phenoxy) is 1. The van der Waals surface area contributed by atoms with E-state index in [0.29, 0.717) is 13.2 Å². The van der Waals surface area contributed by atoms with Crippen LogP contribution in [0.25, 0.3) is 0 Å². The molecule has 0 atom stereocenters.